The lowest BCUT2D eigenvalue weighted by molar-refractivity contribution is -0.140. The second-order valence-corrected chi connectivity index (χ2v) is 7.01. The molecule has 0 radical (unpaired) electrons. The number of hydrogen-bond acceptors (Lipinski definition) is 2. The van der Waals surface area contributed by atoms with Crippen LogP contribution in [0.25, 0.3) is 0 Å². The molecule has 0 heterocycles. The number of carbonyl (C=O) groups is 2. The van der Waals surface area contributed by atoms with Gasteiger partial charge in [-0.1, -0.05) is 66.5 Å². The van der Waals surface area contributed by atoms with Gasteiger partial charge in [0.1, 0.15) is 6.04 Å². The highest BCUT2D eigenvalue weighted by Crippen LogP contribution is 2.22. The molecule has 1 atom stereocenters. The van der Waals surface area contributed by atoms with Crippen molar-refractivity contribution in [2.75, 3.05) is 6.54 Å². The first-order valence-electron chi connectivity index (χ1n) is 9.01. The Bertz CT molecular complexity index is 795. The van der Waals surface area contributed by atoms with Crippen LogP contribution in [-0.2, 0) is 22.6 Å². The summed E-state index contributed by atoms with van der Waals surface area (Å²) in [6.45, 7) is 4.52. The summed E-state index contributed by atoms with van der Waals surface area (Å²) in [5.41, 5.74) is 1.54. The maximum absolute atomic E-state index is 13.1. The minimum Gasteiger partial charge on any atom is -0.355 e. The summed E-state index contributed by atoms with van der Waals surface area (Å²) in [5, 5.41) is 3.92. The van der Waals surface area contributed by atoms with Gasteiger partial charge in [0, 0.05) is 23.1 Å². The Morgan fingerprint density at radius 3 is 2.04 bits per heavy atom. The molecule has 4 nitrogen and oxygen atoms in total. The molecule has 0 spiro atoms. The normalized spacial score (nSPS) is 11.7. The molecule has 0 aromatic heterocycles. The van der Waals surface area contributed by atoms with Crippen molar-refractivity contribution in [3.63, 3.8) is 0 Å². The molecule has 0 aliphatic rings. The third-order valence-electron chi connectivity index (χ3n) is 4.33. The van der Waals surface area contributed by atoms with Crippen LogP contribution < -0.4 is 5.32 Å². The number of rotatable bonds is 8. The Hall–Kier alpha value is -2.04. The highest BCUT2D eigenvalue weighted by Gasteiger charge is 2.29. The fourth-order valence-corrected chi connectivity index (χ4v) is 3.33. The summed E-state index contributed by atoms with van der Waals surface area (Å²) in [6, 6.07) is 14.0. The average Bonchev–Trinajstić information content (AvgIpc) is 2.65. The summed E-state index contributed by atoms with van der Waals surface area (Å²) in [6.07, 6.45) is 0.630. The first-order chi connectivity index (χ1) is 13.0. The van der Waals surface area contributed by atoms with Crippen molar-refractivity contribution in [2.24, 2.45) is 0 Å². The number of likely N-dealkylation sites (N-methyl/N-ethyl adjacent to an activating group) is 1. The Labute approximate surface area is 170 Å². The zero-order valence-electron chi connectivity index (χ0n) is 15.5. The number of nitrogens with zero attached hydrogens (tertiary/aromatic N) is 1. The van der Waals surface area contributed by atoms with E-state index in [1.165, 1.54) is 0 Å². The molecule has 2 rings (SSSR count). The van der Waals surface area contributed by atoms with Crippen LogP contribution in [0, 0.1) is 0 Å². The zero-order valence-corrected chi connectivity index (χ0v) is 17.1. The van der Waals surface area contributed by atoms with Gasteiger partial charge in [0.2, 0.25) is 11.8 Å². The minimum atomic E-state index is -0.573. The first kappa shape index (κ1) is 21.3. The molecule has 0 unspecified atom stereocenters. The fraction of sp³-hybridized carbons (Fsp3) is 0.333. The van der Waals surface area contributed by atoms with Crippen LogP contribution in [0.2, 0.25) is 10.0 Å². The van der Waals surface area contributed by atoms with Crippen molar-refractivity contribution in [2.45, 2.75) is 39.3 Å². The van der Waals surface area contributed by atoms with Gasteiger partial charge in [-0.25, -0.2) is 0 Å². The molecule has 0 bridgehead atoms. The van der Waals surface area contributed by atoms with Gasteiger partial charge in [-0.2, -0.15) is 0 Å². The predicted molar refractivity (Wildman–Crippen MR) is 110 cm³/mol. The van der Waals surface area contributed by atoms with E-state index in [0.717, 1.165) is 11.1 Å². The van der Waals surface area contributed by atoms with Crippen LogP contribution in [0.4, 0.5) is 0 Å². The van der Waals surface area contributed by atoms with Gasteiger partial charge in [-0.15, -0.1) is 0 Å². The molecule has 0 saturated heterocycles. The van der Waals surface area contributed by atoms with E-state index in [0.29, 0.717) is 23.0 Å². The second kappa shape index (κ2) is 10.3. The van der Waals surface area contributed by atoms with E-state index in [2.05, 4.69) is 5.32 Å². The van der Waals surface area contributed by atoms with Gasteiger partial charge in [-0.3, -0.25) is 9.59 Å². The van der Waals surface area contributed by atoms with Crippen molar-refractivity contribution < 1.29 is 9.59 Å². The number of carbonyl (C=O) groups excluding carboxylic acids is 2. The summed E-state index contributed by atoms with van der Waals surface area (Å²) >= 11 is 12.5. The van der Waals surface area contributed by atoms with E-state index in [4.69, 9.17) is 23.2 Å². The monoisotopic (exact) mass is 406 g/mol. The fourth-order valence-electron chi connectivity index (χ4n) is 2.93. The van der Waals surface area contributed by atoms with Crippen molar-refractivity contribution in [1.82, 2.24) is 10.2 Å². The SMILES string of the molecule is CCNC(=O)[C@H](CC)N(Cc1ccccc1Cl)C(=O)Cc1ccccc1Cl. The van der Waals surface area contributed by atoms with Gasteiger partial charge in [-0.05, 0) is 36.6 Å². The molecule has 0 saturated carbocycles. The highest BCUT2D eigenvalue weighted by atomic mass is 35.5. The largest absolute Gasteiger partial charge is 0.355 e. The molecule has 144 valence electrons. The second-order valence-electron chi connectivity index (χ2n) is 6.20. The van der Waals surface area contributed by atoms with Crippen LogP contribution in [0.3, 0.4) is 0 Å². The van der Waals surface area contributed by atoms with Crippen molar-refractivity contribution >= 4 is 35.0 Å². The lowest BCUT2D eigenvalue weighted by Gasteiger charge is -2.31. The van der Waals surface area contributed by atoms with E-state index in [9.17, 15) is 9.59 Å². The number of benzene rings is 2. The molecule has 0 fully saturated rings. The van der Waals surface area contributed by atoms with E-state index < -0.39 is 6.04 Å². The average molecular weight is 407 g/mol. The Kier molecular flexibility index (Phi) is 8.14. The predicted octanol–water partition coefficient (Wildman–Crippen LogP) is 4.48. The number of amides is 2. The molecule has 2 aromatic rings. The summed E-state index contributed by atoms with van der Waals surface area (Å²) in [4.78, 5) is 27.3. The lowest BCUT2D eigenvalue weighted by atomic mass is 10.1. The highest BCUT2D eigenvalue weighted by molar-refractivity contribution is 6.31. The molecule has 2 aromatic carbocycles. The standard InChI is InChI=1S/C21H24Cl2N2O2/c1-3-19(21(27)24-4-2)25(14-16-10-6-8-12-18(16)23)20(26)13-15-9-5-7-11-17(15)22/h5-12,19H,3-4,13-14H2,1-2H3,(H,24,27)/t19-/m0/s1. The quantitative estimate of drug-likeness (QED) is 0.702. The maximum Gasteiger partial charge on any atom is 0.242 e. The van der Waals surface area contributed by atoms with E-state index in [1.54, 1.807) is 17.0 Å². The number of halogens is 2. The van der Waals surface area contributed by atoms with Crippen LogP contribution in [0.1, 0.15) is 31.4 Å². The Balaban J connectivity index is 2.32. The Morgan fingerprint density at radius 2 is 1.52 bits per heavy atom. The van der Waals surface area contributed by atoms with Crippen LogP contribution in [-0.4, -0.2) is 29.3 Å². The molecule has 2 amide bonds. The van der Waals surface area contributed by atoms with Gasteiger partial charge in [0.25, 0.3) is 0 Å². The molecule has 1 N–H and O–H groups in total. The van der Waals surface area contributed by atoms with Gasteiger partial charge < -0.3 is 10.2 Å². The van der Waals surface area contributed by atoms with Crippen molar-refractivity contribution in [3.05, 3.63) is 69.7 Å². The number of nitrogens with one attached hydrogen (secondary N) is 1. The van der Waals surface area contributed by atoms with Gasteiger partial charge >= 0.3 is 0 Å². The van der Waals surface area contributed by atoms with Gasteiger partial charge in [0.05, 0.1) is 6.42 Å². The summed E-state index contributed by atoms with van der Waals surface area (Å²) < 4.78 is 0. The maximum atomic E-state index is 13.1. The van der Waals surface area contributed by atoms with Crippen LogP contribution >= 0.6 is 23.2 Å². The van der Waals surface area contributed by atoms with Crippen molar-refractivity contribution in [1.29, 1.82) is 0 Å². The molecular formula is C21H24Cl2N2O2. The van der Waals surface area contributed by atoms with Crippen LogP contribution in [0.15, 0.2) is 48.5 Å². The molecule has 27 heavy (non-hydrogen) atoms. The summed E-state index contributed by atoms with van der Waals surface area (Å²) in [5.74, 6) is -0.333. The zero-order chi connectivity index (χ0) is 19.8. The topological polar surface area (TPSA) is 49.4 Å². The van der Waals surface area contributed by atoms with E-state index in [-0.39, 0.29) is 24.8 Å². The number of hydrogen-bond donors (Lipinski definition) is 1. The van der Waals surface area contributed by atoms with Crippen LogP contribution in [0.5, 0.6) is 0 Å². The van der Waals surface area contributed by atoms with Gasteiger partial charge in [0.15, 0.2) is 0 Å². The third kappa shape index (κ3) is 5.72. The minimum absolute atomic E-state index is 0.125. The first-order valence-corrected chi connectivity index (χ1v) is 9.77. The third-order valence-corrected chi connectivity index (χ3v) is 5.07. The molecular weight excluding hydrogens is 383 g/mol. The summed E-state index contributed by atoms with van der Waals surface area (Å²) in [7, 11) is 0. The Morgan fingerprint density at radius 1 is 0.963 bits per heavy atom. The smallest absolute Gasteiger partial charge is 0.242 e. The molecule has 6 heteroatoms. The lowest BCUT2D eigenvalue weighted by Crippen LogP contribution is -2.49. The van der Waals surface area contributed by atoms with E-state index >= 15 is 0 Å². The van der Waals surface area contributed by atoms with Crippen molar-refractivity contribution in [3.8, 4) is 0 Å². The molecule has 0 aliphatic carbocycles. The molecule has 0 aliphatic heterocycles. The van der Waals surface area contributed by atoms with E-state index in [1.807, 2.05) is 50.2 Å².